The molecule has 0 spiro atoms. The SMILES string of the molecule is OC1CC(F)C(O)C(F)C1. The minimum absolute atomic E-state index is 0.151. The molecule has 1 aliphatic carbocycles. The molecular formula is C6H10F2O2. The number of halogens is 2. The molecule has 0 bridgehead atoms. The third-order valence-electron chi connectivity index (χ3n) is 1.74. The van der Waals surface area contributed by atoms with Gasteiger partial charge in [-0.3, -0.25) is 0 Å². The summed E-state index contributed by atoms with van der Waals surface area (Å²) in [5, 5.41) is 17.5. The lowest BCUT2D eigenvalue weighted by Gasteiger charge is -2.28. The lowest BCUT2D eigenvalue weighted by molar-refractivity contribution is -0.0603. The molecule has 2 N–H and O–H groups in total. The number of rotatable bonds is 0. The van der Waals surface area contributed by atoms with Crippen molar-refractivity contribution in [2.24, 2.45) is 0 Å². The molecule has 0 saturated heterocycles. The van der Waals surface area contributed by atoms with Gasteiger partial charge in [0, 0.05) is 12.8 Å². The Labute approximate surface area is 57.5 Å². The maximum atomic E-state index is 12.4. The maximum Gasteiger partial charge on any atom is 0.131 e. The summed E-state index contributed by atoms with van der Waals surface area (Å²) < 4.78 is 24.9. The zero-order valence-electron chi connectivity index (χ0n) is 5.37. The molecule has 10 heavy (non-hydrogen) atoms. The first-order valence-electron chi connectivity index (χ1n) is 3.25. The van der Waals surface area contributed by atoms with E-state index in [4.69, 9.17) is 10.2 Å². The van der Waals surface area contributed by atoms with E-state index in [-0.39, 0.29) is 12.8 Å². The van der Waals surface area contributed by atoms with Gasteiger partial charge in [0.15, 0.2) is 0 Å². The molecule has 60 valence electrons. The minimum atomic E-state index is -1.61. The average Bonchev–Trinajstić information content (AvgIpc) is 1.82. The molecule has 2 unspecified atom stereocenters. The molecule has 0 heterocycles. The predicted molar refractivity (Wildman–Crippen MR) is 31.0 cm³/mol. The van der Waals surface area contributed by atoms with Gasteiger partial charge in [-0.1, -0.05) is 0 Å². The van der Waals surface area contributed by atoms with E-state index in [1.54, 1.807) is 0 Å². The van der Waals surface area contributed by atoms with Gasteiger partial charge in [0.05, 0.1) is 6.10 Å². The smallest absolute Gasteiger partial charge is 0.131 e. The van der Waals surface area contributed by atoms with Crippen LogP contribution in [0.1, 0.15) is 12.8 Å². The number of alkyl halides is 2. The van der Waals surface area contributed by atoms with Crippen molar-refractivity contribution in [3.8, 4) is 0 Å². The van der Waals surface area contributed by atoms with Crippen LogP contribution in [0.25, 0.3) is 0 Å². The average molecular weight is 152 g/mol. The standard InChI is InChI=1S/C6H10F2O2/c7-4-1-3(9)2-5(8)6(4)10/h3-6,9-10H,1-2H2. The molecule has 0 radical (unpaired) electrons. The number of hydrogen-bond donors (Lipinski definition) is 2. The minimum Gasteiger partial charge on any atom is -0.393 e. The van der Waals surface area contributed by atoms with Gasteiger partial charge in [-0.05, 0) is 0 Å². The Bertz CT molecular complexity index is 108. The highest BCUT2D eigenvalue weighted by molar-refractivity contribution is 4.85. The van der Waals surface area contributed by atoms with Crippen molar-refractivity contribution in [3.63, 3.8) is 0 Å². The van der Waals surface area contributed by atoms with E-state index >= 15 is 0 Å². The van der Waals surface area contributed by atoms with Gasteiger partial charge in [-0.25, -0.2) is 8.78 Å². The van der Waals surface area contributed by atoms with Crippen molar-refractivity contribution in [2.45, 2.75) is 37.4 Å². The van der Waals surface area contributed by atoms with Gasteiger partial charge in [0.25, 0.3) is 0 Å². The van der Waals surface area contributed by atoms with E-state index in [1.807, 2.05) is 0 Å². The van der Waals surface area contributed by atoms with E-state index in [2.05, 4.69) is 0 Å². The Hall–Kier alpha value is -0.220. The third-order valence-corrected chi connectivity index (χ3v) is 1.74. The number of hydrogen-bond acceptors (Lipinski definition) is 2. The summed E-state index contributed by atoms with van der Waals surface area (Å²) in [5.41, 5.74) is 0. The topological polar surface area (TPSA) is 40.5 Å². The highest BCUT2D eigenvalue weighted by Crippen LogP contribution is 2.24. The molecular weight excluding hydrogens is 142 g/mol. The first kappa shape index (κ1) is 7.88. The van der Waals surface area contributed by atoms with E-state index in [0.717, 1.165) is 0 Å². The zero-order valence-corrected chi connectivity index (χ0v) is 5.37. The number of aliphatic hydroxyl groups excluding tert-OH is 2. The Kier molecular flexibility index (Phi) is 2.21. The van der Waals surface area contributed by atoms with Crippen molar-refractivity contribution >= 4 is 0 Å². The van der Waals surface area contributed by atoms with Gasteiger partial charge in [-0.15, -0.1) is 0 Å². The van der Waals surface area contributed by atoms with Crippen molar-refractivity contribution in [1.82, 2.24) is 0 Å². The van der Waals surface area contributed by atoms with Crippen molar-refractivity contribution in [1.29, 1.82) is 0 Å². The first-order valence-corrected chi connectivity index (χ1v) is 3.25. The molecule has 2 nitrogen and oxygen atoms in total. The fraction of sp³-hybridized carbons (Fsp3) is 1.00. The maximum absolute atomic E-state index is 12.4. The lowest BCUT2D eigenvalue weighted by Crippen LogP contribution is -2.41. The van der Waals surface area contributed by atoms with E-state index < -0.39 is 24.6 Å². The summed E-state index contributed by atoms with van der Waals surface area (Å²) >= 11 is 0. The third kappa shape index (κ3) is 1.44. The summed E-state index contributed by atoms with van der Waals surface area (Å²) in [6.45, 7) is 0. The molecule has 1 aliphatic rings. The lowest BCUT2D eigenvalue weighted by atomic mass is 9.92. The van der Waals surface area contributed by atoms with Crippen LogP contribution in [0.4, 0.5) is 8.78 Å². The predicted octanol–water partition coefficient (Wildman–Crippen LogP) is 0.178. The molecule has 4 heteroatoms. The summed E-state index contributed by atoms with van der Waals surface area (Å²) in [4.78, 5) is 0. The van der Waals surface area contributed by atoms with E-state index in [9.17, 15) is 8.78 Å². The van der Waals surface area contributed by atoms with Crippen LogP contribution in [0.15, 0.2) is 0 Å². The van der Waals surface area contributed by atoms with Gasteiger partial charge < -0.3 is 10.2 Å². The Morgan fingerprint density at radius 1 is 1.00 bits per heavy atom. The second-order valence-corrected chi connectivity index (χ2v) is 2.65. The van der Waals surface area contributed by atoms with E-state index in [1.165, 1.54) is 0 Å². The second kappa shape index (κ2) is 2.80. The highest BCUT2D eigenvalue weighted by atomic mass is 19.1. The molecule has 0 aromatic heterocycles. The van der Waals surface area contributed by atoms with E-state index in [0.29, 0.717) is 0 Å². The molecule has 0 aromatic rings. The molecule has 0 aliphatic heterocycles. The van der Waals surface area contributed by atoms with Crippen molar-refractivity contribution in [2.75, 3.05) is 0 Å². The molecule has 1 rings (SSSR count). The van der Waals surface area contributed by atoms with Crippen molar-refractivity contribution in [3.05, 3.63) is 0 Å². The van der Waals surface area contributed by atoms with Crippen LogP contribution >= 0.6 is 0 Å². The molecule has 0 aromatic carbocycles. The molecule has 1 fully saturated rings. The monoisotopic (exact) mass is 152 g/mol. The normalized spacial score (nSPS) is 49.2. The Balaban J connectivity index is 2.49. The van der Waals surface area contributed by atoms with Crippen molar-refractivity contribution < 1.29 is 19.0 Å². The van der Waals surface area contributed by atoms with Crippen LogP contribution in [-0.4, -0.2) is 34.8 Å². The highest BCUT2D eigenvalue weighted by Gasteiger charge is 2.36. The Morgan fingerprint density at radius 2 is 1.40 bits per heavy atom. The van der Waals surface area contributed by atoms with Gasteiger partial charge in [0.2, 0.25) is 0 Å². The summed E-state index contributed by atoms with van der Waals surface area (Å²) in [7, 11) is 0. The number of aliphatic hydroxyl groups is 2. The second-order valence-electron chi connectivity index (χ2n) is 2.65. The van der Waals surface area contributed by atoms with Crippen LogP contribution in [-0.2, 0) is 0 Å². The molecule has 1 saturated carbocycles. The van der Waals surface area contributed by atoms with Crippen LogP contribution in [0.3, 0.4) is 0 Å². The molecule has 2 atom stereocenters. The quantitative estimate of drug-likeness (QED) is 0.519. The van der Waals surface area contributed by atoms with Crippen LogP contribution in [0, 0.1) is 0 Å². The summed E-state index contributed by atoms with van der Waals surface area (Å²) in [5.74, 6) is 0. The fourth-order valence-electron chi connectivity index (χ4n) is 1.12. The van der Waals surface area contributed by atoms with Gasteiger partial charge >= 0.3 is 0 Å². The van der Waals surface area contributed by atoms with Gasteiger partial charge in [-0.2, -0.15) is 0 Å². The fourth-order valence-corrected chi connectivity index (χ4v) is 1.12. The summed E-state index contributed by atoms with van der Waals surface area (Å²) in [6.07, 6.45) is -6.00. The van der Waals surface area contributed by atoms with Crippen LogP contribution in [0.5, 0.6) is 0 Å². The Morgan fingerprint density at radius 3 is 1.80 bits per heavy atom. The molecule has 0 amide bonds. The van der Waals surface area contributed by atoms with Crippen LogP contribution < -0.4 is 0 Å². The summed E-state index contributed by atoms with van der Waals surface area (Å²) in [6, 6.07) is 0. The largest absolute Gasteiger partial charge is 0.393 e. The van der Waals surface area contributed by atoms with Crippen LogP contribution in [0.2, 0.25) is 0 Å². The zero-order chi connectivity index (χ0) is 7.72. The first-order chi connectivity index (χ1) is 4.61. The van der Waals surface area contributed by atoms with Gasteiger partial charge in [0.1, 0.15) is 18.4 Å².